The lowest BCUT2D eigenvalue weighted by Gasteiger charge is -2.36. The molecule has 1 heteroatoms. The molecule has 69 heavy (non-hydrogen) atoms. The van der Waals surface area contributed by atoms with Crippen molar-refractivity contribution in [2.45, 2.75) is 10.8 Å². The second-order valence-electron chi connectivity index (χ2n) is 18.3. The van der Waals surface area contributed by atoms with Crippen LogP contribution in [0, 0.1) is 0 Å². The molecule has 11 aromatic carbocycles. The number of rotatable bonds is 9. The van der Waals surface area contributed by atoms with E-state index in [1.54, 1.807) is 0 Å². The minimum atomic E-state index is -0.592. The first-order valence-corrected chi connectivity index (χ1v) is 24.0. The molecule has 324 valence electrons. The van der Waals surface area contributed by atoms with Crippen LogP contribution in [-0.2, 0) is 10.8 Å². The molecule has 0 atom stereocenters. The number of nitrogens with zero attached hydrogens (tertiary/aromatic N) is 1. The molecule has 2 aliphatic carbocycles. The van der Waals surface area contributed by atoms with Crippen molar-refractivity contribution in [3.8, 4) is 44.5 Å². The van der Waals surface area contributed by atoms with Crippen LogP contribution in [0.4, 0.5) is 17.1 Å². The van der Waals surface area contributed by atoms with Crippen molar-refractivity contribution >= 4 is 17.1 Å². The van der Waals surface area contributed by atoms with Crippen molar-refractivity contribution in [2.75, 3.05) is 4.90 Å². The number of benzene rings is 11. The second-order valence-corrected chi connectivity index (χ2v) is 18.3. The molecule has 0 aliphatic heterocycles. The number of fused-ring (bicyclic) bond motifs is 6. The molecule has 0 saturated heterocycles. The van der Waals surface area contributed by atoms with E-state index in [1.165, 1.54) is 72.3 Å². The van der Waals surface area contributed by atoms with E-state index < -0.39 is 10.8 Å². The molecule has 2 aliphatic rings. The summed E-state index contributed by atoms with van der Waals surface area (Å²) in [6.07, 6.45) is 0. The highest BCUT2D eigenvalue weighted by Crippen LogP contribution is 2.61. The van der Waals surface area contributed by atoms with Gasteiger partial charge in [-0.2, -0.15) is 0 Å². The SMILES string of the molecule is c1ccc(-c2cccc(N(c3ccc4c(c3)C(c3ccccc3)(c3ccccc3)c3ccccc3-4)c3cc4c(cc3-c3ccccc3)-c3ccccc3C4(c3ccccc3)c3ccccc3)c2)cc1. The average molecular weight is 878 g/mol. The Morgan fingerprint density at radius 2 is 0.609 bits per heavy atom. The Bertz CT molecular complexity index is 3560. The summed E-state index contributed by atoms with van der Waals surface area (Å²) in [5, 5.41) is 0. The Labute approximate surface area is 404 Å². The second kappa shape index (κ2) is 16.5. The van der Waals surface area contributed by atoms with Crippen LogP contribution in [0.5, 0.6) is 0 Å². The van der Waals surface area contributed by atoms with Crippen molar-refractivity contribution in [2.24, 2.45) is 0 Å². The lowest BCUT2D eigenvalue weighted by Crippen LogP contribution is -2.29. The first-order valence-electron chi connectivity index (χ1n) is 24.0. The van der Waals surface area contributed by atoms with Crippen LogP contribution < -0.4 is 4.90 Å². The fraction of sp³-hybridized carbons (Fsp3) is 0.0294. The maximum atomic E-state index is 2.54. The lowest BCUT2D eigenvalue weighted by atomic mass is 9.67. The van der Waals surface area contributed by atoms with E-state index in [9.17, 15) is 0 Å². The molecular formula is C68H47N. The highest BCUT2D eigenvalue weighted by Gasteiger charge is 2.48. The molecule has 0 saturated carbocycles. The molecule has 11 aromatic rings. The van der Waals surface area contributed by atoms with Crippen LogP contribution in [0.2, 0.25) is 0 Å². The largest absolute Gasteiger partial charge is 0.310 e. The zero-order valence-electron chi connectivity index (χ0n) is 38.1. The van der Waals surface area contributed by atoms with Gasteiger partial charge in [0, 0.05) is 16.9 Å². The summed E-state index contributed by atoms with van der Waals surface area (Å²) in [4.78, 5) is 2.54. The van der Waals surface area contributed by atoms with Gasteiger partial charge in [0.2, 0.25) is 0 Å². The Morgan fingerprint density at radius 3 is 1.13 bits per heavy atom. The Balaban J connectivity index is 1.16. The van der Waals surface area contributed by atoms with Gasteiger partial charge in [-0.15, -0.1) is 0 Å². The van der Waals surface area contributed by atoms with E-state index in [4.69, 9.17) is 0 Å². The summed E-state index contributed by atoms with van der Waals surface area (Å²) in [5.74, 6) is 0. The van der Waals surface area contributed by atoms with Gasteiger partial charge in [0.1, 0.15) is 0 Å². The first kappa shape index (κ1) is 40.5. The van der Waals surface area contributed by atoms with E-state index in [0.717, 1.165) is 33.8 Å². The van der Waals surface area contributed by atoms with Crippen LogP contribution in [0.1, 0.15) is 44.5 Å². The van der Waals surface area contributed by atoms with Crippen molar-refractivity contribution in [3.63, 3.8) is 0 Å². The molecule has 0 heterocycles. The molecule has 0 unspecified atom stereocenters. The number of hydrogen-bond donors (Lipinski definition) is 0. The smallest absolute Gasteiger partial charge is 0.0714 e. The molecule has 0 radical (unpaired) electrons. The Hall–Kier alpha value is -8.78. The summed E-state index contributed by atoms with van der Waals surface area (Å²) in [7, 11) is 0. The van der Waals surface area contributed by atoms with E-state index in [-0.39, 0.29) is 0 Å². The van der Waals surface area contributed by atoms with E-state index in [0.29, 0.717) is 0 Å². The van der Waals surface area contributed by atoms with Gasteiger partial charge in [0.05, 0.1) is 16.5 Å². The Morgan fingerprint density at radius 1 is 0.217 bits per heavy atom. The molecule has 0 spiro atoms. The predicted octanol–water partition coefficient (Wildman–Crippen LogP) is 17.2. The summed E-state index contributed by atoms with van der Waals surface area (Å²) in [5.41, 5.74) is 21.9. The fourth-order valence-electron chi connectivity index (χ4n) is 12.0. The molecule has 0 N–H and O–H groups in total. The van der Waals surface area contributed by atoms with Gasteiger partial charge in [0.15, 0.2) is 0 Å². The van der Waals surface area contributed by atoms with Gasteiger partial charge in [-0.1, -0.05) is 249 Å². The summed E-state index contributed by atoms with van der Waals surface area (Å²) < 4.78 is 0. The van der Waals surface area contributed by atoms with E-state index in [2.05, 4.69) is 290 Å². The van der Waals surface area contributed by atoms with Crippen molar-refractivity contribution in [1.82, 2.24) is 0 Å². The molecule has 13 rings (SSSR count). The van der Waals surface area contributed by atoms with Crippen LogP contribution >= 0.6 is 0 Å². The monoisotopic (exact) mass is 877 g/mol. The molecule has 1 nitrogen and oxygen atoms in total. The molecule has 0 bridgehead atoms. The van der Waals surface area contributed by atoms with Gasteiger partial charge in [-0.05, 0) is 120 Å². The topological polar surface area (TPSA) is 3.24 Å². The van der Waals surface area contributed by atoms with Crippen molar-refractivity contribution < 1.29 is 0 Å². The third-order valence-corrected chi connectivity index (χ3v) is 14.8. The third-order valence-electron chi connectivity index (χ3n) is 14.8. The summed E-state index contributed by atoms with van der Waals surface area (Å²) in [6.45, 7) is 0. The molecular weight excluding hydrogens is 831 g/mol. The maximum Gasteiger partial charge on any atom is 0.0714 e. The highest BCUT2D eigenvalue weighted by molar-refractivity contribution is 5.98. The molecule has 0 fully saturated rings. The van der Waals surface area contributed by atoms with Crippen molar-refractivity contribution in [1.29, 1.82) is 0 Å². The first-order chi connectivity index (χ1) is 34.2. The maximum absolute atomic E-state index is 2.54. The van der Waals surface area contributed by atoms with Crippen molar-refractivity contribution in [3.05, 3.63) is 330 Å². The van der Waals surface area contributed by atoms with Gasteiger partial charge in [-0.3, -0.25) is 0 Å². The highest BCUT2D eigenvalue weighted by atomic mass is 15.1. The zero-order valence-corrected chi connectivity index (χ0v) is 38.1. The Kier molecular flexibility index (Phi) is 9.70. The van der Waals surface area contributed by atoms with Crippen LogP contribution in [0.25, 0.3) is 44.5 Å². The average Bonchev–Trinajstić information content (AvgIpc) is 3.90. The standard InChI is InChI=1S/C68H47N/c1-7-24-48(25-8-1)50-28-23-37-55(44-50)69(56-42-43-59-57-38-19-21-40-62(57)67(64(59)45-56,51-29-11-3-12-30-51)52-31-13-4-14-32-52)66-47-65-61(46-60(66)49-26-9-2-10-27-49)58-39-20-22-41-63(58)68(65,53-33-15-5-16-34-53)54-35-17-6-18-36-54/h1-47H. The van der Waals surface area contributed by atoms with Crippen LogP contribution in [0.3, 0.4) is 0 Å². The molecule has 0 amide bonds. The summed E-state index contributed by atoms with van der Waals surface area (Å²) >= 11 is 0. The molecule has 0 aromatic heterocycles. The minimum absolute atomic E-state index is 0.570. The normalized spacial score (nSPS) is 13.4. The van der Waals surface area contributed by atoms with Gasteiger partial charge < -0.3 is 4.90 Å². The van der Waals surface area contributed by atoms with Gasteiger partial charge in [0.25, 0.3) is 0 Å². The minimum Gasteiger partial charge on any atom is -0.310 e. The van der Waals surface area contributed by atoms with Gasteiger partial charge in [-0.25, -0.2) is 0 Å². The summed E-state index contributed by atoms with van der Waals surface area (Å²) in [6, 6.07) is 106. The lowest BCUT2D eigenvalue weighted by molar-refractivity contribution is 0.767. The van der Waals surface area contributed by atoms with Crippen LogP contribution in [0.15, 0.2) is 285 Å². The zero-order chi connectivity index (χ0) is 45.8. The van der Waals surface area contributed by atoms with E-state index >= 15 is 0 Å². The number of anilines is 3. The van der Waals surface area contributed by atoms with Crippen LogP contribution in [-0.4, -0.2) is 0 Å². The number of hydrogen-bond acceptors (Lipinski definition) is 1. The third kappa shape index (κ3) is 6.24. The quantitative estimate of drug-likeness (QED) is 0.140. The fourth-order valence-corrected chi connectivity index (χ4v) is 12.0. The predicted molar refractivity (Wildman–Crippen MR) is 287 cm³/mol. The van der Waals surface area contributed by atoms with Gasteiger partial charge >= 0.3 is 0 Å². The van der Waals surface area contributed by atoms with E-state index in [1.807, 2.05) is 0 Å².